The first-order chi connectivity index (χ1) is 38.8. The minimum atomic E-state index is -2.02. The Balaban J connectivity index is 0.776. The number of piperazine rings is 1. The van der Waals surface area contributed by atoms with E-state index in [2.05, 4.69) is 14.9 Å². The summed E-state index contributed by atoms with van der Waals surface area (Å²) in [5, 5.41) is 22.2. The van der Waals surface area contributed by atoms with Gasteiger partial charge in [-0.1, -0.05) is 24.6 Å². The van der Waals surface area contributed by atoms with Crippen LogP contribution >= 0.6 is 22.9 Å². The van der Waals surface area contributed by atoms with Gasteiger partial charge in [0.25, 0.3) is 11.5 Å². The van der Waals surface area contributed by atoms with E-state index in [9.17, 15) is 33.9 Å². The minimum absolute atomic E-state index is 0.0247. The highest BCUT2D eigenvalue weighted by Gasteiger charge is 2.50. The number of carbonyl (C=O) groups is 3. The maximum atomic E-state index is 17.5. The van der Waals surface area contributed by atoms with E-state index in [1.54, 1.807) is 30.9 Å². The minimum Gasteiger partial charge on any atom is -0.461 e. The van der Waals surface area contributed by atoms with Crippen molar-refractivity contribution in [1.82, 2.24) is 29.3 Å². The molecule has 5 aliphatic heterocycles. The van der Waals surface area contributed by atoms with Crippen LogP contribution < -0.4 is 35.6 Å². The van der Waals surface area contributed by atoms with Crippen molar-refractivity contribution in [2.45, 2.75) is 95.8 Å². The normalized spacial score (nSPS) is 22.3. The number of aliphatic hydroxyl groups is 1. The lowest BCUT2D eigenvalue weighted by atomic mass is 9.86. The summed E-state index contributed by atoms with van der Waals surface area (Å²) in [5.41, 5.74) is 5.09. The number of allylic oxidation sites excluding steroid dienone is 1. The molecule has 6 aliphatic rings. The molecule has 3 fully saturated rings. The number of nitrogens with two attached hydrogens (primary N) is 1. The predicted octanol–water partition coefficient (Wildman–Crippen LogP) is 6.75. The number of hydrogen-bond donors (Lipinski definition) is 2. The van der Waals surface area contributed by atoms with E-state index in [1.807, 2.05) is 17.9 Å². The Bertz CT molecular complexity index is 4040. The molecule has 0 spiro atoms. The number of thiophene rings is 1. The number of ether oxygens (including phenoxy) is 3. The molecule has 24 heteroatoms. The molecule has 4 atom stereocenters. The van der Waals surface area contributed by atoms with Gasteiger partial charge in [-0.25, -0.2) is 32.1 Å². The fraction of sp³-hybridized carbons (Fsp3) is 0.404. The maximum Gasteiger partial charge on any atom is 0.414 e. The quantitative estimate of drug-likeness (QED) is 0.0821. The van der Waals surface area contributed by atoms with Crippen LogP contribution in [0.5, 0.6) is 6.01 Å². The molecule has 18 nitrogen and oxygen atoms in total. The number of pyridine rings is 2. The van der Waals surface area contributed by atoms with Gasteiger partial charge in [0, 0.05) is 90.9 Å². The Morgan fingerprint density at radius 2 is 1.90 bits per heavy atom. The van der Waals surface area contributed by atoms with Crippen LogP contribution in [0.2, 0.25) is 5.02 Å². The van der Waals surface area contributed by atoms with Crippen molar-refractivity contribution in [3.8, 4) is 23.5 Å². The number of cyclic esters (lactones) is 1. The zero-order chi connectivity index (χ0) is 57.1. The average molecular weight is 1150 g/mol. The number of esters is 1. The molecule has 1 aliphatic carbocycles. The topological polar surface area (TPSA) is 223 Å². The molecule has 9 heterocycles. The first kappa shape index (κ1) is 54.0. The zero-order valence-corrected chi connectivity index (χ0v) is 46.0. The first-order valence-electron chi connectivity index (χ1n) is 26.6. The number of amides is 2. The molecular weight excluding hydrogens is 1100 g/mol. The maximum absolute atomic E-state index is 17.5. The Kier molecular flexibility index (Phi) is 13.4. The number of alkyl halides is 1. The van der Waals surface area contributed by atoms with E-state index >= 15 is 13.2 Å². The largest absolute Gasteiger partial charge is 0.461 e. The van der Waals surface area contributed by atoms with Crippen LogP contribution in [0.15, 0.2) is 46.8 Å². The highest BCUT2D eigenvalue weighted by molar-refractivity contribution is 7.14. The van der Waals surface area contributed by atoms with Gasteiger partial charge < -0.3 is 39.4 Å². The van der Waals surface area contributed by atoms with E-state index < -0.39 is 71.0 Å². The van der Waals surface area contributed by atoms with Gasteiger partial charge in [-0.3, -0.25) is 19.4 Å². The number of rotatable bonds is 10. The number of halogens is 5. The Hall–Kier alpha value is -7.65. The number of fused-ring (bicyclic) bond motifs is 8. The summed E-state index contributed by atoms with van der Waals surface area (Å²) in [7, 11) is 1.32. The second kappa shape index (κ2) is 20.1. The molecule has 3 N–H and O–H groups in total. The van der Waals surface area contributed by atoms with Gasteiger partial charge in [-0.15, -0.1) is 11.3 Å². The van der Waals surface area contributed by atoms with Crippen molar-refractivity contribution in [2.24, 2.45) is 0 Å². The van der Waals surface area contributed by atoms with Gasteiger partial charge >= 0.3 is 18.1 Å². The third-order valence-corrected chi connectivity index (χ3v) is 18.3. The Morgan fingerprint density at radius 3 is 2.65 bits per heavy atom. The first-order valence-corrected chi connectivity index (χ1v) is 27.8. The summed E-state index contributed by atoms with van der Waals surface area (Å²) in [6.45, 7) is 5.92. The number of anilines is 3. The van der Waals surface area contributed by atoms with Crippen molar-refractivity contribution >= 4 is 90.6 Å². The third-order valence-electron chi connectivity index (χ3n) is 16.9. The second-order valence-corrected chi connectivity index (χ2v) is 23.0. The van der Waals surface area contributed by atoms with Crippen LogP contribution in [0.25, 0.3) is 44.6 Å². The van der Waals surface area contributed by atoms with Gasteiger partial charge in [-0.2, -0.15) is 15.2 Å². The van der Waals surface area contributed by atoms with Crippen molar-refractivity contribution in [1.29, 1.82) is 5.26 Å². The summed E-state index contributed by atoms with van der Waals surface area (Å²) in [5.74, 6) is -3.15. The van der Waals surface area contributed by atoms with Crippen molar-refractivity contribution < 1.29 is 51.3 Å². The van der Waals surface area contributed by atoms with Gasteiger partial charge in [0.1, 0.15) is 60.0 Å². The lowest BCUT2D eigenvalue weighted by Gasteiger charge is -2.41. The van der Waals surface area contributed by atoms with Gasteiger partial charge in [0.05, 0.1) is 60.9 Å². The van der Waals surface area contributed by atoms with Gasteiger partial charge in [-0.05, 0) is 75.9 Å². The number of aromatic nitrogens is 4. The highest BCUT2D eigenvalue weighted by atomic mass is 35.5. The summed E-state index contributed by atoms with van der Waals surface area (Å²) < 4.78 is 82.4. The van der Waals surface area contributed by atoms with Crippen LogP contribution in [0.3, 0.4) is 0 Å². The monoisotopic (exact) mass is 1150 g/mol. The molecule has 0 radical (unpaired) electrons. The lowest BCUT2D eigenvalue weighted by Crippen LogP contribution is -2.54. The lowest BCUT2D eigenvalue weighted by molar-refractivity contribution is -0.172. The Labute approximate surface area is 468 Å². The summed E-state index contributed by atoms with van der Waals surface area (Å²) >= 11 is 7.92. The fourth-order valence-corrected chi connectivity index (χ4v) is 14.0. The average Bonchev–Trinajstić information content (AvgIpc) is 3.64. The number of carbonyl (C=O) groups excluding carboxylic acids is 3. The van der Waals surface area contributed by atoms with Crippen LogP contribution in [0.1, 0.15) is 87.1 Å². The molecule has 81 heavy (non-hydrogen) atoms. The SMILES string of the molecule is C/C=C(\COC(=O)N(C)c1cc2cc3c(nc2cc1F)-c1cc2c(c(=O)n1C3)COC(=O)C2(O)CC)C(=O)N1CCN(c2nc(OCC34CCCN3CC(F)C4)nc3c(F)c(C4=c5c(C#N)c(N)sc5=C(F)CC4)c(Cl)cc23)C(C)C1. The molecule has 0 saturated carbocycles. The highest BCUT2D eigenvalue weighted by Crippen LogP contribution is 2.44. The number of benzene rings is 2. The molecule has 2 amide bonds. The Morgan fingerprint density at radius 1 is 1.10 bits per heavy atom. The van der Waals surface area contributed by atoms with Crippen molar-refractivity contribution in [2.75, 3.05) is 68.5 Å². The van der Waals surface area contributed by atoms with E-state index in [0.717, 1.165) is 28.7 Å². The number of nitrogen functional groups attached to an aromatic ring is 1. The van der Waals surface area contributed by atoms with E-state index in [1.165, 1.54) is 29.8 Å². The molecule has 12 rings (SSSR count). The predicted molar refractivity (Wildman–Crippen MR) is 293 cm³/mol. The molecule has 4 aromatic heterocycles. The van der Waals surface area contributed by atoms with Crippen LogP contribution in [-0.4, -0.2) is 123 Å². The second-order valence-electron chi connectivity index (χ2n) is 21.5. The summed E-state index contributed by atoms with van der Waals surface area (Å²) in [4.78, 5) is 74.8. The summed E-state index contributed by atoms with van der Waals surface area (Å²) in [6, 6.07) is 8.81. The molecule has 0 bridgehead atoms. The number of hydrogen-bond acceptors (Lipinski definition) is 16. The smallest absolute Gasteiger partial charge is 0.414 e. The molecular formula is C57H53ClF4N10O8S. The molecule has 4 unspecified atom stereocenters. The van der Waals surface area contributed by atoms with E-state index in [4.69, 9.17) is 36.5 Å². The van der Waals surface area contributed by atoms with Crippen molar-refractivity contribution in [3.05, 3.63) is 107 Å². The fourth-order valence-electron chi connectivity index (χ4n) is 12.6. The van der Waals surface area contributed by atoms with Crippen LogP contribution in [0.4, 0.5) is 38.9 Å². The van der Waals surface area contributed by atoms with Crippen LogP contribution in [-0.2, 0) is 37.8 Å². The zero-order valence-electron chi connectivity index (χ0n) is 44.4. The molecule has 3 saturated heterocycles. The number of nitrogens with zero attached hydrogens (tertiary/aromatic N) is 9. The summed E-state index contributed by atoms with van der Waals surface area (Å²) in [6.07, 6.45) is 1.28. The number of nitriles is 1. The molecule has 420 valence electrons. The third kappa shape index (κ3) is 8.66. The molecule has 6 aromatic rings. The standard InChI is InChI=1S/C57H53ClF4N10O8S/c1-5-28(24-79-55(76)68(4)41-15-29-14-30-22-72-42(46(30)65-40(29)18-39(41)61)17-36-35(52(72)74)25-78-53(75)57(36,77)6-2)51(73)69-12-13-71(27(3)21-69)50-33-16-37(58)44(32-8-9-38(60)48-43(32)34(20-63)49(64)81-48)45(62)47(33)66-54(67-50)80-26-56-10-7-11-70(56)23-31(59)19-56/h5,14-18,27,31,77H,6-13,19,21-26,64H2,1-4H3/b28-5+. The van der Waals surface area contributed by atoms with E-state index in [0.29, 0.717) is 40.9 Å². The molecule has 2 aromatic carbocycles. The van der Waals surface area contributed by atoms with Crippen molar-refractivity contribution in [3.63, 3.8) is 0 Å². The van der Waals surface area contributed by atoms with Gasteiger partial charge in [0.2, 0.25) is 0 Å². The van der Waals surface area contributed by atoms with E-state index in [-0.39, 0.29) is 153 Å². The van der Waals surface area contributed by atoms with Gasteiger partial charge in [0.15, 0.2) is 11.4 Å². The van der Waals surface area contributed by atoms with Crippen LogP contribution in [0, 0.1) is 23.0 Å².